The third-order valence-electron chi connectivity index (χ3n) is 4.05. The van der Waals surface area contributed by atoms with Gasteiger partial charge in [0.25, 0.3) is 0 Å². The van der Waals surface area contributed by atoms with Crippen LogP contribution in [-0.2, 0) is 4.79 Å². The van der Waals surface area contributed by atoms with Crippen molar-refractivity contribution in [2.75, 3.05) is 25.4 Å². The third-order valence-corrected chi connectivity index (χ3v) is 7.12. The molecule has 1 saturated heterocycles. The van der Waals surface area contributed by atoms with Crippen LogP contribution in [0.3, 0.4) is 0 Å². The number of aryl methyl sites for hydroxylation is 1. The standard InChI is InChI=1S/C14H19N4O2P/c1-9-16-12-8-15-13(7-11(12)14(20)17-9)21-5-3-18(4-6-21)10(2)19/h7-8H,3-6,21H2,1-2H3,(H,16,17,20). The average molecular weight is 306 g/mol. The van der Waals surface area contributed by atoms with Gasteiger partial charge in [0.05, 0.1) is 0 Å². The maximum atomic E-state index is 11.4. The number of aromatic nitrogens is 3. The van der Waals surface area contributed by atoms with Crippen LogP contribution in [0.15, 0.2) is 12.3 Å². The fraction of sp³-hybridized carbons (Fsp3) is 0.429. The number of hydrogen-bond acceptors (Lipinski definition) is 5. The molecule has 6 nitrogen and oxygen atoms in total. The van der Waals surface area contributed by atoms with Crippen LogP contribution in [0.5, 0.6) is 5.88 Å². The molecular weight excluding hydrogens is 287 g/mol. The molecule has 2 aromatic rings. The van der Waals surface area contributed by atoms with Gasteiger partial charge in [-0.25, -0.2) is 0 Å². The minimum atomic E-state index is -1.18. The maximum absolute atomic E-state index is 11.4. The van der Waals surface area contributed by atoms with Crippen LogP contribution >= 0.6 is 7.92 Å². The van der Waals surface area contributed by atoms with E-state index in [4.69, 9.17) is 0 Å². The van der Waals surface area contributed by atoms with E-state index in [9.17, 15) is 9.90 Å². The Morgan fingerprint density at radius 3 is 2.71 bits per heavy atom. The van der Waals surface area contributed by atoms with Gasteiger partial charge in [-0.2, -0.15) is 0 Å². The summed E-state index contributed by atoms with van der Waals surface area (Å²) in [5, 5.41) is 10.6. The Bertz CT molecular complexity index is 699. The van der Waals surface area contributed by atoms with E-state index in [-0.39, 0.29) is 11.8 Å². The topological polar surface area (TPSA) is 79.2 Å². The number of aromatic hydroxyl groups is 1. The molecule has 0 saturated carbocycles. The molecule has 0 atom stereocenters. The van der Waals surface area contributed by atoms with Crippen LogP contribution in [-0.4, -0.2) is 56.3 Å². The monoisotopic (exact) mass is 306 g/mol. The summed E-state index contributed by atoms with van der Waals surface area (Å²) in [5.41, 5.74) is 1.76. The Hall–Kier alpha value is -1.81. The molecule has 3 rings (SSSR count). The van der Waals surface area contributed by atoms with E-state index in [1.165, 1.54) is 0 Å². The number of fused-ring (bicyclic) bond motifs is 1. The minimum absolute atomic E-state index is 0.0244. The molecule has 1 aliphatic rings. The van der Waals surface area contributed by atoms with Crippen LogP contribution in [0.25, 0.3) is 10.9 Å². The molecule has 1 aliphatic heterocycles. The predicted molar refractivity (Wildman–Crippen MR) is 85.1 cm³/mol. The van der Waals surface area contributed by atoms with Crippen molar-refractivity contribution in [1.29, 1.82) is 0 Å². The summed E-state index contributed by atoms with van der Waals surface area (Å²) in [4.78, 5) is 26.1. The number of nitrogens with zero attached hydrogens (tertiary/aromatic N) is 4. The SMILES string of the molecule is CC(=O)N1CC[PH2](c2cc3c(O)nc(C)nc3cn2)CC1. The number of pyridine rings is 1. The molecule has 21 heavy (non-hydrogen) atoms. The fourth-order valence-electron chi connectivity index (χ4n) is 2.86. The van der Waals surface area contributed by atoms with E-state index in [1.54, 1.807) is 20.0 Å². The first-order valence-corrected chi connectivity index (χ1v) is 9.34. The summed E-state index contributed by atoms with van der Waals surface area (Å²) < 4.78 is 0. The first kappa shape index (κ1) is 14.1. The van der Waals surface area contributed by atoms with Gasteiger partial charge in [0.1, 0.15) is 0 Å². The second-order valence-corrected chi connectivity index (χ2v) is 8.64. The Labute approximate surface area is 124 Å². The summed E-state index contributed by atoms with van der Waals surface area (Å²) in [6.45, 7) is 5.01. The zero-order chi connectivity index (χ0) is 15.0. The molecule has 3 heterocycles. The van der Waals surface area contributed by atoms with E-state index >= 15 is 0 Å². The van der Waals surface area contributed by atoms with Crippen LogP contribution < -0.4 is 5.44 Å². The van der Waals surface area contributed by atoms with Crippen molar-refractivity contribution in [3.8, 4) is 5.88 Å². The molecule has 0 unspecified atom stereocenters. The molecular formula is C14H19N4O2P. The van der Waals surface area contributed by atoms with E-state index in [1.807, 2.05) is 11.0 Å². The molecule has 112 valence electrons. The number of carbonyl (C=O) groups excluding carboxylic acids is 1. The van der Waals surface area contributed by atoms with Crippen LogP contribution in [0.4, 0.5) is 0 Å². The zero-order valence-corrected chi connectivity index (χ0v) is 13.4. The van der Waals surface area contributed by atoms with Crippen molar-refractivity contribution in [3.63, 3.8) is 0 Å². The average Bonchev–Trinajstić information content (AvgIpc) is 2.47. The Morgan fingerprint density at radius 2 is 2.05 bits per heavy atom. The summed E-state index contributed by atoms with van der Waals surface area (Å²) in [6, 6.07) is 1.93. The Morgan fingerprint density at radius 1 is 1.33 bits per heavy atom. The van der Waals surface area contributed by atoms with Crippen molar-refractivity contribution in [2.24, 2.45) is 0 Å². The molecule has 0 bridgehead atoms. The van der Waals surface area contributed by atoms with Gasteiger partial charge < -0.3 is 0 Å². The molecule has 0 radical (unpaired) electrons. The van der Waals surface area contributed by atoms with Crippen molar-refractivity contribution in [2.45, 2.75) is 13.8 Å². The van der Waals surface area contributed by atoms with E-state index in [0.29, 0.717) is 16.7 Å². The Kier molecular flexibility index (Phi) is 3.72. The number of hydrogen-bond donors (Lipinski definition) is 1. The first-order valence-electron chi connectivity index (χ1n) is 7.13. The van der Waals surface area contributed by atoms with Crippen molar-refractivity contribution in [3.05, 3.63) is 18.1 Å². The fourth-order valence-corrected chi connectivity index (χ4v) is 5.67. The summed E-state index contributed by atoms with van der Waals surface area (Å²) in [5.74, 6) is 0.716. The zero-order valence-electron chi connectivity index (χ0n) is 12.2. The Balaban J connectivity index is 1.87. The van der Waals surface area contributed by atoms with E-state index in [0.717, 1.165) is 30.8 Å². The molecule has 0 aromatic carbocycles. The number of amides is 1. The summed E-state index contributed by atoms with van der Waals surface area (Å²) >= 11 is 0. The molecule has 1 N–H and O–H groups in total. The molecule has 7 heteroatoms. The van der Waals surface area contributed by atoms with Crippen LogP contribution in [0.1, 0.15) is 12.7 Å². The molecule has 0 aliphatic carbocycles. The second-order valence-electron chi connectivity index (χ2n) is 5.50. The van der Waals surface area contributed by atoms with Gasteiger partial charge in [0, 0.05) is 0 Å². The van der Waals surface area contributed by atoms with Gasteiger partial charge in [-0.15, -0.1) is 0 Å². The number of rotatable bonds is 1. The van der Waals surface area contributed by atoms with Gasteiger partial charge in [0.2, 0.25) is 0 Å². The van der Waals surface area contributed by atoms with E-state index < -0.39 is 7.92 Å². The van der Waals surface area contributed by atoms with Gasteiger partial charge in [-0.1, -0.05) is 0 Å². The quantitative estimate of drug-likeness (QED) is 0.775. The van der Waals surface area contributed by atoms with Crippen molar-refractivity contribution in [1.82, 2.24) is 19.9 Å². The summed E-state index contributed by atoms with van der Waals surface area (Å²) in [7, 11) is -1.18. The molecule has 1 fully saturated rings. The molecule has 2 aromatic heterocycles. The third kappa shape index (κ3) is 2.81. The normalized spacial score (nSPS) is 17.2. The van der Waals surface area contributed by atoms with E-state index in [2.05, 4.69) is 15.0 Å². The van der Waals surface area contributed by atoms with Crippen molar-refractivity contribution < 1.29 is 9.90 Å². The van der Waals surface area contributed by atoms with Gasteiger partial charge in [-0.05, 0) is 0 Å². The molecule has 0 spiro atoms. The van der Waals surface area contributed by atoms with Gasteiger partial charge in [-0.3, -0.25) is 0 Å². The second kappa shape index (κ2) is 5.53. The molecule has 1 amide bonds. The van der Waals surface area contributed by atoms with Gasteiger partial charge >= 0.3 is 123 Å². The number of carbonyl (C=O) groups is 1. The first-order chi connectivity index (χ1) is 10.0. The van der Waals surface area contributed by atoms with Gasteiger partial charge in [0.15, 0.2) is 0 Å². The summed E-state index contributed by atoms with van der Waals surface area (Å²) in [6.07, 6.45) is 3.79. The van der Waals surface area contributed by atoms with Crippen LogP contribution in [0, 0.1) is 6.92 Å². The van der Waals surface area contributed by atoms with Crippen molar-refractivity contribution >= 4 is 30.2 Å². The predicted octanol–water partition coefficient (Wildman–Crippen LogP) is 0.473. The van der Waals surface area contributed by atoms with Crippen LogP contribution in [0.2, 0.25) is 0 Å².